The van der Waals surface area contributed by atoms with E-state index in [-0.39, 0.29) is 5.75 Å². The summed E-state index contributed by atoms with van der Waals surface area (Å²) in [4.78, 5) is 0. The maximum atomic E-state index is 10.2. The van der Waals surface area contributed by atoms with Crippen LogP contribution in [-0.2, 0) is 10.1 Å². The molecule has 0 rings (SSSR count). The van der Waals surface area contributed by atoms with Gasteiger partial charge in [0, 0.05) is 15.7 Å². The van der Waals surface area contributed by atoms with Crippen LogP contribution in [0.4, 0.5) is 0 Å². The average molecular weight is 241 g/mol. The molecule has 0 spiro atoms. The van der Waals surface area contributed by atoms with Crippen molar-refractivity contribution in [2.75, 3.05) is 17.3 Å². The fourth-order valence-electron chi connectivity index (χ4n) is 0.515. The van der Waals surface area contributed by atoms with Gasteiger partial charge in [0.15, 0.2) is 0 Å². The molecule has 0 saturated carbocycles. The Morgan fingerprint density at radius 1 is 1.38 bits per heavy atom. The van der Waals surface area contributed by atoms with Crippen molar-refractivity contribution in [1.29, 1.82) is 0 Å². The molecule has 78 valence electrons. The molecular weight excluding hydrogens is 228 g/mol. The van der Waals surface area contributed by atoms with Crippen LogP contribution in [-0.4, -0.2) is 30.2 Å². The highest BCUT2D eigenvalue weighted by molar-refractivity contribution is 8.22. The Kier molecular flexibility index (Phi) is 6.93. The van der Waals surface area contributed by atoms with Gasteiger partial charge < -0.3 is 4.55 Å². The topological polar surface area (TPSA) is 57.2 Å². The molecule has 0 saturated heterocycles. The van der Waals surface area contributed by atoms with Crippen molar-refractivity contribution in [3.63, 3.8) is 0 Å². The first kappa shape index (κ1) is 13.4. The minimum absolute atomic E-state index is 0.307. The van der Waals surface area contributed by atoms with E-state index in [1.165, 1.54) is 11.8 Å². The third kappa shape index (κ3) is 10.3. The average Bonchev–Trinajstić information content (AvgIpc) is 1.98. The van der Waals surface area contributed by atoms with Crippen LogP contribution in [0.5, 0.6) is 0 Å². The van der Waals surface area contributed by atoms with Crippen LogP contribution in [0.3, 0.4) is 0 Å². The molecule has 0 aromatic carbocycles. The maximum Gasteiger partial charge on any atom is 0.0954 e. The number of hydrogen-bond donors (Lipinski definition) is 0. The van der Waals surface area contributed by atoms with E-state index in [0.717, 1.165) is 16.4 Å². The molecule has 0 aromatic heterocycles. The summed E-state index contributed by atoms with van der Waals surface area (Å²) in [6.45, 7) is 5.80. The predicted octanol–water partition coefficient (Wildman–Crippen LogP) is 1.88. The van der Waals surface area contributed by atoms with E-state index in [1.54, 1.807) is 11.8 Å². The van der Waals surface area contributed by atoms with E-state index in [9.17, 15) is 13.0 Å². The lowest BCUT2D eigenvalue weighted by atomic mass is 10.6. The van der Waals surface area contributed by atoms with Crippen molar-refractivity contribution in [1.82, 2.24) is 0 Å². The summed E-state index contributed by atoms with van der Waals surface area (Å²) in [5.41, 5.74) is 0. The fraction of sp³-hybridized carbons (Fsp3) is 0.714. The van der Waals surface area contributed by atoms with Gasteiger partial charge in [0.2, 0.25) is 0 Å². The van der Waals surface area contributed by atoms with Crippen LogP contribution in [0, 0.1) is 0 Å². The predicted molar refractivity (Wildman–Crippen MR) is 58.9 cm³/mol. The van der Waals surface area contributed by atoms with Crippen LogP contribution in [0.1, 0.15) is 13.3 Å². The summed E-state index contributed by atoms with van der Waals surface area (Å²) in [6, 6.07) is 0. The smallest absolute Gasteiger partial charge is 0.0954 e. The lowest BCUT2D eigenvalue weighted by Gasteiger charge is -2.06. The molecule has 0 heterocycles. The molecule has 0 atom stereocenters. The summed E-state index contributed by atoms with van der Waals surface area (Å²) in [5.74, 6) is 0.973. The van der Waals surface area contributed by atoms with E-state index in [2.05, 4.69) is 13.5 Å². The van der Waals surface area contributed by atoms with Gasteiger partial charge in [-0.2, -0.15) is 0 Å². The third-order valence-electron chi connectivity index (χ3n) is 1.06. The largest absolute Gasteiger partial charge is 0.748 e. The Bertz CT molecular complexity index is 246. The standard InChI is InChI=1S/C7H14O3S3/c1-3-4-11-7(2)12-5-6-13(8,9)10/h2-6H2,1H3,(H,8,9,10)/p-1. The Morgan fingerprint density at radius 2 is 1.92 bits per heavy atom. The van der Waals surface area contributed by atoms with E-state index in [4.69, 9.17) is 0 Å². The highest BCUT2D eigenvalue weighted by Gasteiger charge is 1.98. The van der Waals surface area contributed by atoms with Gasteiger partial charge in [-0.15, -0.1) is 23.5 Å². The van der Waals surface area contributed by atoms with Crippen LogP contribution in [0.2, 0.25) is 0 Å². The second kappa shape index (κ2) is 6.75. The van der Waals surface area contributed by atoms with E-state index >= 15 is 0 Å². The highest BCUT2D eigenvalue weighted by Crippen LogP contribution is 2.26. The molecule has 13 heavy (non-hydrogen) atoms. The number of rotatable bonds is 7. The molecular formula is C7H13O3S3-. The van der Waals surface area contributed by atoms with Crippen molar-refractivity contribution < 1.29 is 13.0 Å². The second-order valence-electron chi connectivity index (χ2n) is 2.33. The van der Waals surface area contributed by atoms with Crippen LogP contribution >= 0.6 is 23.5 Å². The minimum Gasteiger partial charge on any atom is -0.748 e. The molecule has 0 aliphatic carbocycles. The molecule has 3 nitrogen and oxygen atoms in total. The monoisotopic (exact) mass is 241 g/mol. The first-order valence-electron chi connectivity index (χ1n) is 3.83. The second-order valence-corrected chi connectivity index (χ2v) is 6.49. The van der Waals surface area contributed by atoms with E-state index in [0.29, 0.717) is 5.75 Å². The normalized spacial score (nSPS) is 11.5. The van der Waals surface area contributed by atoms with Crippen molar-refractivity contribution in [3.8, 4) is 0 Å². The van der Waals surface area contributed by atoms with E-state index in [1.807, 2.05) is 0 Å². The van der Waals surface area contributed by atoms with Crippen LogP contribution in [0.25, 0.3) is 0 Å². The molecule has 6 heteroatoms. The van der Waals surface area contributed by atoms with Gasteiger partial charge in [0.25, 0.3) is 0 Å². The Balaban J connectivity index is 3.49. The zero-order valence-corrected chi connectivity index (χ0v) is 9.93. The lowest BCUT2D eigenvalue weighted by molar-refractivity contribution is 0.465. The van der Waals surface area contributed by atoms with Crippen LogP contribution in [0.15, 0.2) is 10.8 Å². The molecule has 0 aliphatic rings. The van der Waals surface area contributed by atoms with Gasteiger partial charge in [0.05, 0.1) is 10.1 Å². The molecule has 0 N–H and O–H groups in total. The van der Waals surface area contributed by atoms with Gasteiger partial charge >= 0.3 is 0 Å². The summed E-state index contributed by atoms with van der Waals surface area (Å²) < 4.78 is 31.5. The van der Waals surface area contributed by atoms with Gasteiger partial charge in [-0.3, -0.25) is 0 Å². The Morgan fingerprint density at radius 3 is 2.38 bits per heavy atom. The van der Waals surface area contributed by atoms with Gasteiger partial charge in [-0.25, -0.2) is 8.42 Å². The van der Waals surface area contributed by atoms with Crippen molar-refractivity contribution in [2.45, 2.75) is 13.3 Å². The molecule has 0 aromatic rings. The van der Waals surface area contributed by atoms with Crippen molar-refractivity contribution >= 4 is 33.6 Å². The fourth-order valence-corrected chi connectivity index (χ4v) is 3.16. The first-order chi connectivity index (χ1) is 5.95. The Labute approximate surface area is 88.1 Å². The molecule has 0 amide bonds. The summed E-state index contributed by atoms with van der Waals surface area (Å²) in [5, 5.41) is 0. The van der Waals surface area contributed by atoms with Crippen LogP contribution < -0.4 is 0 Å². The summed E-state index contributed by atoms with van der Waals surface area (Å²) >= 11 is 2.93. The van der Waals surface area contributed by atoms with Crippen molar-refractivity contribution in [2.24, 2.45) is 0 Å². The Hall–Kier alpha value is 0.350. The highest BCUT2D eigenvalue weighted by atomic mass is 32.2. The first-order valence-corrected chi connectivity index (χ1v) is 7.38. The zero-order valence-electron chi connectivity index (χ0n) is 7.49. The molecule has 0 radical (unpaired) electrons. The number of hydrogen-bond acceptors (Lipinski definition) is 5. The quantitative estimate of drug-likeness (QED) is 0.637. The maximum absolute atomic E-state index is 10.2. The lowest BCUT2D eigenvalue weighted by Crippen LogP contribution is -2.06. The minimum atomic E-state index is -4.06. The molecule has 0 aliphatic heterocycles. The molecule has 0 fully saturated rings. The van der Waals surface area contributed by atoms with E-state index < -0.39 is 10.1 Å². The number of thioether (sulfide) groups is 2. The van der Waals surface area contributed by atoms with Gasteiger partial charge in [-0.1, -0.05) is 13.5 Å². The van der Waals surface area contributed by atoms with Gasteiger partial charge in [0.1, 0.15) is 0 Å². The zero-order chi connectivity index (χ0) is 10.3. The SMILES string of the molecule is C=C(SCCC)SCCS(=O)(=O)[O-]. The summed E-state index contributed by atoms with van der Waals surface area (Å²) in [7, 11) is -4.06. The summed E-state index contributed by atoms with van der Waals surface area (Å²) in [6.07, 6.45) is 1.06. The van der Waals surface area contributed by atoms with Gasteiger partial charge in [-0.05, 0) is 12.2 Å². The third-order valence-corrected chi connectivity index (χ3v) is 4.40. The van der Waals surface area contributed by atoms with Crippen molar-refractivity contribution in [3.05, 3.63) is 10.8 Å². The molecule has 0 unspecified atom stereocenters. The molecule has 0 bridgehead atoms.